The number of Topliss-reactive ketones (excluding diaryl/α,β-unsaturated/α-hetero) is 1. The Labute approximate surface area is 141 Å². The number of para-hydroxylation sites is 1. The van der Waals surface area contributed by atoms with E-state index in [1.165, 1.54) is 6.08 Å². The number of hydrogen-bond donors (Lipinski definition) is 0. The predicted molar refractivity (Wildman–Crippen MR) is 93.2 cm³/mol. The van der Waals surface area contributed by atoms with Crippen molar-refractivity contribution in [3.05, 3.63) is 82.0 Å². The van der Waals surface area contributed by atoms with Gasteiger partial charge in [-0.15, -0.1) is 0 Å². The molecule has 1 aliphatic rings. The number of nitrogens with zero attached hydrogens (tertiary/aromatic N) is 1. The van der Waals surface area contributed by atoms with E-state index in [2.05, 4.69) is 15.9 Å². The molecule has 3 nitrogen and oxygen atoms in total. The molecule has 1 aliphatic carbocycles. The quantitative estimate of drug-likeness (QED) is 0.677. The highest BCUT2D eigenvalue weighted by Crippen LogP contribution is 2.34. The second-order valence-electron chi connectivity index (χ2n) is 5.50. The number of benzene rings is 2. The number of fused-ring (bicyclic) bond motifs is 3. The molecule has 0 saturated heterocycles. The molecule has 0 fully saturated rings. The van der Waals surface area contributed by atoms with E-state index in [1.807, 2.05) is 59.2 Å². The Morgan fingerprint density at radius 2 is 1.61 bits per heavy atom. The molecule has 2 aromatic carbocycles. The smallest absolute Gasteiger partial charge is 0.204 e. The molecule has 23 heavy (non-hydrogen) atoms. The molecule has 0 N–H and O–H groups in total. The first-order valence-electron chi connectivity index (χ1n) is 7.28. The normalized spacial score (nSPS) is 14.0. The Balaban J connectivity index is 2.01. The van der Waals surface area contributed by atoms with Crippen LogP contribution >= 0.6 is 15.9 Å². The molecule has 0 unspecified atom stereocenters. The lowest BCUT2D eigenvalue weighted by Crippen LogP contribution is -2.17. The third-order valence-electron chi connectivity index (χ3n) is 4.09. The lowest BCUT2D eigenvalue weighted by atomic mass is 9.99. The first-order chi connectivity index (χ1) is 11.2. The Kier molecular flexibility index (Phi) is 3.27. The lowest BCUT2D eigenvalue weighted by molar-refractivity contribution is 0.0987. The Hall–Kier alpha value is -2.46. The van der Waals surface area contributed by atoms with Crippen LogP contribution in [0.3, 0.4) is 0 Å². The Bertz CT molecular complexity index is 983. The first kappa shape index (κ1) is 14.2. The molecule has 4 rings (SSSR count). The minimum absolute atomic E-state index is 0.136. The van der Waals surface area contributed by atoms with Crippen LogP contribution in [0.4, 0.5) is 0 Å². The highest BCUT2D eigenvalue weighted by molar-refractivity contribution is 9.12. The number of allylic oxidation sites excluding steroid dienone is 2. The third kappa shape index (κ3) is 2.18. The van der Waals surface area contributed by atoms with Crippen LogP contribution in [-0.2, 0) is 6.54 Å². The van der Waals surface area contributed by atoms with Crippen molar-refractivity contribution in [2.24, 2.45) is 0 Å². The summed E-state index contributed by atoms with van der Waals surface area (Å²) in [6, 6.07) is 17.6. The zero-order valence-corrected chi connectivity index (χ0v) is 13.7. The summed E-state index contributed by atoms with van der Waals surface area (Å²) in [6.45, 7) is 0.557. The minimum Gasteiger partial charge on any atom is -0.333 e. The summed E-state index contributed by atoms with van der Waals surface area (Å²) in [7, 11) is 0. The summed E-state index contributed by atoms with van der Waals surface area (Å²) in [5, 5.41) is 0.821. The van der Waals surface area contributed by atoms with E-state index < -0.39 is 0 Å². The average Bonchev–Trinajstić information content (AvgIpc) is 2.89. The number of halogens is 1. The molecule has 0 aliphatic heterocycles. The molecule has 0 saturated carbocycles. The van der Waals surface area contributed by atoms with Crippen molar-refractivity contribution in [2.75, 3.05) is 0 Å². The van der Waals surface area contributed by atoms with Crippen molar-refractivity contribution in [1.29, 1.82) is 0 Å². The maximum atomic E-state index is 12.6. The molecular formula is C19H12BrNO2. The van der Waals surface area contributed by atoms with E-state index in [9.17, 15) is 9.59 Å². The van der Waals surface area contributed by atoms with Crippen LogP contribution in [0, 0.1) is 0 Å². The number of carbonyl (C=O) groups excluding carboxylic acids is 2. The highest BCUT2D eigenvalue weighted by atomic mass is 79.9. The van der Waals surface area contributed by atoms with Crippen LogP contribution < -0.4 is 0 Å². The average molecular weight is 366 g/mol. The van der Waals surface area contributed by atoms with Crippen molar-refractivity contribution < 1.29 is 9.59 Å². The fourth-order valence-electron chi connectivity index (χ4n) is 3.09. The van der Waals surface area contributed by atoms with Gasteiger partial charge in [0.25, 0.3) is 0 Å². The molecule has 1 aromatic heterocycles. The van der Waals surface area contributed by atoms with E-state index in [-0.39, 0.29) is 11.6 Å². The van der Waals surface area contributed by atoms with E-state index in [1.54, 1.807) is 0 Å². The largest absolute Gasteiger partial charge is 0.333 e. The van der Waals surface area contributed by atoms with Crippen LogP contribution in [0.15, 0.2) is 65.2 Å². The van der Waals surface area contributed by atoms with Gasteiger partial charge in [-0.3, -0.25) is 9.59 Å². The second kappa shape index (κ2) is 5.32. The van der Waals surface area contributed by atoms with Crippen LogP contribution in [0.2, 0.25) is 0 Å². The molecule has 0 radical (unpaired) electrons. The first-order valence-corrected chi connectivity index (χ1v) is 8.07. The third-order valence-corrected chi connectivity index (χ3v) is 4.68. The van der Waals surface area contributed by atoms with Gasteiger partial charge in [0.1, 0.15) is 5.69 Å². The van der Waals surface area contributed by atoms with Gasteiger partial charge < -0.3 is 4.57 Å². The zero-order valence-electron chi connectivity index (χ0n) is 12.1. The van der Waals surface area contributed by atoms with Gasteiger partial charge in [0, 0.05) is 23.5 Å². The summed E-state index contributed by atoms with van der Waals surface area (Å²) in [6.07, 6.45) is 1.37. The fraction of sp³-hybridized carbons (Fsp3) is 0.0526. The summed E-state index contributed by atoms with van der Waals surface area (Å²) in [5.41, 5.74) is 2.96. The van der Waals surface area contributed by atoms with Crippen LogP contribution in [-0.4, -0.2) is 16.1 Å². The molecule has 0 bridgehead atoms. The van der Waals surface area contributed by atoms with Crippen molar-refractivity contribution >= 4 is 38.4 Å². The summed E-state index contributed by atoms with van der Waals surface area (Å²) in [5.74, 6) is -0.277. The SMILES string of the molecule is O=C1C(Br)=CC(=O)c2c1c1ccccc1n2Cc1ccccc1. The molecule has 0 atom stereocenters. The van der Waals surface area contributed by atoms with Gasteiger partial charge in [-0.2, -0.15) is 0 Å². The molecular weight excluding hydrogens is 354 g/mol. The van der Waals surface area contributed by atoms with Gasteiger partial charge in [0.2, 0.25) is 11.6 Å². The van der Waals surface area contributed by atoms with Gasteiger partial charge in [-0.1, -0.05) is 48.5 Å². The van der Waals surface area contributed by atoms with E-state index in [4.69, 9.17) is 0 Å². The predicted octanol–water partition coefficient (Wildman–Crippen LogP) is 4.35. The molecule has 0 spiro atoms. The molecule has 1 heterocycles. The Morgan fingerprint density at radius 3 is 2.39 bits per heavy atom. The lowest BCUT2D eigenvalue weighted by Gasteiger charge is -2.13. The standard InChI is InChI=1S/C19H12BrNO2/c20-14-10-16(22)18-17(19(14)23)13-8-4-5-9-15(13)21(18)11-12-6-2-1-3-7-12/h1-10H,11H2. The number of aromatic nitrogens is 1. The number of carbonyl (C=O) groups is 2. The zero-order chi connectivity index (χ0) is 16.0. The second-order valence-corrected chi connectivity index (χ2v) is 6.35. The van der Waals surface area contributed by atoms with E-state index >= 15 is 0 Å². The summed E-state index contributed by atoms with van der Waals surface area (Å²) in [4.78, 5) is 25.1. The molecule has 4 heteroatoms. The maximum Gasteiger partial charge on any atom is 0.204 e. The number of hydrogen-bond acceptors (Lipinski definition) is 2. The van der Waals surface area contributed by atoms with Gasteiger partial charge in [0.05, 0.1) is 10.0 Å². The van der Waals surface area contributed by atoms with Crippen LogP contribution in [0.5, 0.6) is 0 Å². The highest BCUT2D eigenvalue weighted by Gasteiger charge is 2.31. The van der Waals surface area contributed by atoms with Gasteiger partial charge in [-0.05, 0) is 27.6 Å². The Morgan fingerprint density at radius 1 is 0.913 bits per heavy atom. The van der Waals surface area contributed by atoms with Crippen LogP contribution in [0.25, 0.3) is 10.9 Å². The van der Waals surface area contributed by atoms with Gasteiger partial charge >= 0.3 is 0 Å². The summed E-state index contributed by atoms with van der Waals surface area (Å²) < 4.78 is 2.26. The minimum atomic E-state index is -0.140. The molecule has 3 aromatic rings. The fourth-order valence-corrected chi connectivity index (χ4v) is 3.49. The van der Waals surface area contributed by atoms with Crippen molar-refractivity contribution in [3.8, 4) is 0 Å². The van der Waals surface area contributed by atoms with Crippen molar-refractivity contribution in [2.45, 2.75) is 6.54 Å². The molecule has 0 amide bonds. The van der Waals surface area contributed by atoms with E-state index in [0.717, 1.165) is 16.5 Å². The monoisotopic (exact) mass is 365 g/mol. The van der Waals surface area contributed by atoms with Crippen LogP contribution in [0.1, 0.15) is 26.4 Å². The van der Waals surface area contributed by atoms with Crippen molar-refractivity contribution in [3.63, 3.8) is 0 Å². The van der Waals surface area contributed by atoms with Crippen molar-refractivity contribution in [1.82, 2.24) is 4.57 Å². The van der Waals surface area contributed by atoms with Gasteiger partial charge in [0.15, 0.2) is 0 Å². The maximum absolute atomic E-state index is 12.6. The summed E-state index contributed by atoms with van der Waals surface area (Å²) >= 11 is 3.21. The van der Waals surface area contributed by atoms with Gasteiger partial charge in [-0.25, -0.2) is 0 Å². The number of rotatable bonds is 2. The number of ketones is 2. The molecule has 112 valence electrons. The van der Waals surface area contributed by atoms with E-state index in [0.29, 0.717) is 22.3 Å². The topological polar surface area (TPSA) is 39.1 Å².